The van der Waals surface area contributed by atoms with Crippen molar-refractivity contribution in [1.29, 1.82) is 0 Å². The fourth-order valence-corrected chi connectivity index (χ4v) is 1.80. The van der Waals surface area contributed by atoms with Gasteiger partial charge in [-0.3, -0.25) is 4.99 Å². The molecule has 0 heterocycles. The number of benzene rings is 1. The van der Waals surface area contributed by atoms with Gasteiger partial charge in [-0.2, -0.15) is 0 Å². The highest BCUT2D eigenvalue weighted by atomic mass is 16.5. The zero-order valence-electron chi connectivity index (χ0n) is 13.3. The van der Waals surface area contributed by atoms with Gasteiger partial charge >= 0.3 is 0 Å². The zero-order valence-corrected chi connectivity index (χ0v) is 13.3. The van der Waals surface area contributed by atoms with E-state index in [0.29, 0.717) is 12.5 Å². The molecule has 0 unspecified atom stereocenters. The highest BCUT2D eigenvalue weighted by Crippen LogP contribution is 2.21. The predicted molar refractivity (Wildman–Crippen MR) is 85.4 cm³/mol. The molecule has 0 saturated carbocycles. The van der Waals surface area contributed by atoms with Gasteiger partial charge in [-0.25, -0.2) is 0 Å². The number of hydrogen-bond acceptors (Lipinski definition) is 2. The van der Waals surface area contributed by atoms with E-state index in [1.54, 1.807) is 7.05 Å². The fourth-order valence-electron chi connectivity index (χ4n) is 1.80. The van der Waals surface area contributed by atoms with Crippen LogP contribution in [0.15, 0.2) is 23.2 Å². The van der Waals surface area contributed by atoms with Gasteiger partial charge < -0.3 is 15.4 Å². The molecule has 4 nitrogen and oxygen atoms in total. The number of guanidine groups is 1. The van der Waals surface area contributed by atoms with Crippen molar-refractivity contribution in [3.63, 3.8) is 0 Å². The predicted octanol–water partition coefficient (Wildman–Crippen LogP) is 2.71. The Balaban J connectivity index is 2.69. The number of rotatable bonds is 6. The van der Waals surface area contributed by atoms with Crippen molar-refractivity contribution in [2.45, 2.75) is 33.7 Å². The molecule has 1 aromatic carbocycles. The van der Waals surface area contributed by atoms with E-state index in [9.17, 15) is 0 Å². The van der Waals surface area contributed by atoms with Crippen LogP contribution in [0.2, 0.25) is 0 Å². The first-order valence-corrected chi connectivity index (χ1v) is 7.17. The highest BCUT2D eigenvalue weighted by Gasteiger charge is 2.06. The van der Waals surface area contributed by atoms with Gasteiger partial charge in [-0.05, 0) is 30.9 Å². The lowest BCUT2D eigenvalue weighted by Gasteiger charge is -2.15. The molecule has 0 amide bonds. The molecule has 20 heavy (non-hydrogen) atoms. The van der Waals surface area contributed by atoms with Crippen LogP contribution < -0.4 is 15.4 Å². The van der Waals surface area contributed by atoms with Crippen molar-refractivity contribution in [2.75, 3.05) is 20.7 Å². The monoisotopic (exact) mass is 277 g/mol. The fraction of sp³-hybridized carbons (Fsp3) is 0.562. The SMILES string of the molecule is CN=C(NC)NCc1ccc(C)cc1OCCC(C)C. The van der Waals surface area contributed by atoms with Crippen molar-refractivity contribution in [3.8, 4) is 5.75 Å². The minimum absolute atomic E-state index is 0.657. The van der Waals surface area contributed by atoms with Gasteiger partial charge in [0.2, 0.25) is 0 Å². The number of aryl methyl sites for hydroxylation is 1. The Morgan fingerprint density at radius 2 is 2.10 bits per heavy atom. The average Bonchev–Trinajstić information content (AvgIpc) is 2.41. The molecule has 0 radical (unpaired) electrons. The molecule has 0 fully saturated rings. The summed E-state index contributed by atoms with van der Waals surface area (Å²) >= 11 is 0. The summed E-state index contributed by atoms with van der Waals surface area (Å²) in [6.45, 7) is 7.96. The van der Waals surface area contributed by atoms with Crippen LogP contribution >= 0.6 is 0 Å². The van der Waals surface area contributed by atoms with Crippen molar-refractivity contribution in [2.24, 2.45) is 10.9 Å². The molecule has 0 aliphatic carbocycles. The third-order valence-corrected chi connectivity index (χ3v) is 3.08. The van der Waals surface area contributed by atoms with Crippen LogP contribution in [0.25, 0.3) is 0 Å². The van der Waals surface area contributed by atoms with E-state index in [4.69, 9.17) is 4.74 Å². The van der Waals surface area contributed by atoms with E-state index in [2.05, 4.69) is 54.6 Å². The van der Waals surface area contributed by atoms with Crippen molar-refractivity contribution in [1.82, 2.24) is 10.6 Å². The van der Waals surface area contributed by atoms with Gasteiger partial charge in [0.05, 0.1) is 6.61 Å². The molecule has 4 heteroatoms. The number of ether oxygens (including phenoxy) is 1. The quantitative estimate of drug-likeness (QED) is 0.621. The van der Waals surface area contributed by atoms with Crippen LogP contribution in [0.1, 0.15) is 31.4 Å². The Hall–Kier alpha value is -1.71. The molecule has 0 atom stereocenters. The lowest BCUT2D eigenvalue weighted by Crippen LogP contribution is -2.34. The first-order valence-electron chi connectivity index (χ1n) is 7.17. The van der Waals surface area contributed by atoms with Crippen LogP contribution in [0.4, 0.5) is 0 Å². The summed E-state index contributed by atoms with van der Waals surface area (Å²) in [4.78, 5) is 4.11. The first kappa shape index (κ1) is 16.3. The Morgan fingerprint density at radius 3 is 2.70 bits per heavy atom. The summed E-state index contributed by atoms with van der Waals surface area (Å²) in [6, 6.07) is 6.31. The van der Waals surface area contributed by atoms with Gasteiger partial charge in [0.1, 0.15) is 5.75 Å². The summed E-state index contributed by atoms with van der Waals surface area (Å²) in [5.41, 5.74) is 2.36. The van der Waals surface area contributed by atoms with E-state index < -0.39 is 0 Å². The Morgan fingerprint density at radius 1 is 1.35 bits per heavy atom. The van der Waals surface area contributed by atoms with Crippen LogP contribution in [0, 0.1) is 12.8 Å². The van der Waals surface area contributed by atoms with Gasteiger partial charge in [0.15, 0.2) is 5.96 Å². The van der Waals surface area contributed by atoms with Crippen molar-refractivity contribution >= 4 is 5.96 Å². The molecule has 112 valence electrons. The van der Waals surface area contributed by atoms with Gasteiger partial charge in [-0.1, -0.05) is 26.0 Å². The number of nitrogens with one attached hydrogen (secondary N) is 2. The second-order valence-electron chi connectivity index (χ2n) is 5.32. The first-order chi connectivity index (χ1) is 9.56. The second-order valence-corrected chi connectivity index (χ2v) is 5.32. The molecule has 0 aromatic heterocycles. The molecule has 0 spiro atoms. The van der Waals surface area contributed by atoms with Gasteiger partial charge in [0.25, 0.3) is 0 Å². The van der Waals surface area contributed by atoms with Gasteiger partial charge in [-0.15, -0.1) is 0 Å². The molecule has 1 aromatic rings. The standard InChI is InChI=1S/C16H27N3O/c1-12(2)8-9-20-15-10-13(3)6-7-14(15)11-19-16(17-4)18-5/h6-7,10,12H,8-9,11H2,1-5H3,(H2,17,18,19). The molecule has 0 saturated heterocycles. The minimum atomic E-state index is 0.657. The summed E-state index contributed by atoms with van der Waals surface area (Å²) < 4.78 is 5.93. The Bertz CT molecular complexity index is 441. The summed E-state index contributed by atoms with van der Waals surface area (Å²) in [6.07, 6.45) is 1.07. The Labute approximate surface area is 122 Å². The third kappa shape index (κ3) is 5.51. The molecule has 0 bridgehead atoms. The van der Waals surface area contributed by atoms with Gasteiger partial charge in [0, 0.05) is 26.2 Å². The number of hydrogen-bond donors (Lipinski definition) is 2. The largest absolute Gasteiger partial charge is 0.493 e. The zero-order chi connectivity index (χ0) is 15.0. The third-order valence-electron chi connectivity index (χ3n) is 3.08. The van der Waals surface area contributed by atoms with Crippen LogP contribution in [-0.4, -0.2) is 26.7 Å². The summed E-state index contributed by atoms with van der Waals surface area (Å²) in [5, 5.41) is 6.26. The summed E-state index contributed by atoms with van der Waals surface area (Å²) in [7, 11) is 3.61. The van der Waals surface area contributed by atoms with Crippen LogP contribution in [0.3, 0.4) is 0 Å². The maximum absolute atomic E-state index is 5.93. The normalized spacial score (nSPS) is 11.6. The highest BCUT2D eigenvalue weighted by molar-refractivity contribution is 5.79. The van der Waals surface area contributed by atoms with E-state index >= 15 is 0 Å². The van der Waals surface area contributed by atoms with E-state index in [-0.39, 0.29) is 0 Å². The van der Waals surface area contributed by atoms with Crippen LogP contribution in [-0.2, 0) is 6.54 Å². The van der Waals surface area contributed by atoms with Crippen molar-refractivity contribution < 1.29 is 4.74 Å². The van der Waals surface area contributed by atoms with E-state index in [1.807, 2.05) is 7.05 Å². The maximum Gasteiger partial charge on any atom is 0.190 e. The van der Waals surface area contributed by atoms with E-state index in [1.165, 1.54) is 5.56 Å². The molecular weight excluding hydrogens is 250 g/mol. The lowest BCUT2D eigenvalue weighted by molar-refractivity contribution is 0.286. The topological polar surface area (TPSA) is 45.7 Å². The smallest absolute Gasteiger partial charge is 0.190 e. The van der Waals surface area contributed by atoms with Crippen molar-refractivity contribution in [3.05, 3.63) is 29.3 Å². The average molecular weight is 277 g/mol. The molecule has 0 aliphatic rings. The number of nitrogens with zero attached hydrogens (tertiary/aromatic N) is 1. The van der Waals surface area contributed by atoms with Crippen LogP contribution in [0.5, 0.6) is 5.75 Å². The summed E-state index contributed by atoms with van der Waals surface area (Å²) in [5.74, 6) is 2.40. The number of aliphatic imine (C=N–C) groups is 1. The Kier molecular flexibility index (Phi) is 6.91. The lowest BCUT2D eigenvalue weighted by atomic mass is 10.1. The van der Waals surface area contributed by atoms with E-state index in [0.717, 1.165) is 30.3 Å². The molecule has 1 rings (SSSR count). The molecular formula is C16H27N3O. The second kappa shape index (κ2) is 8.46. The molecule has 0 aliphatic heterocycles. The minimum Gasteiger partial charge on any atom is -0.493 e. The molecule has 2 N–H and O–H groups in total. The maximum atomic E-state index is 5.93.